The van der Waals surface area contributed by atoms with E-state index in [9.17, 15) is 28.8 Å². The third kappa shape index (κ3) is 15.1. The van der Waals surface area contributed by atoms with E-state index < -0.39 is 125 Å². The minimum atomic E-state index is -3.30. The monoisotopic (exact) mass is 1290 g/mol. The van der Waals surface area contributed by atoms with E-state index in [4.69, 9.17) is 28.4 Å². The molecule has 0 unspecified atom stereocenters. The fourth-order valence-electron chi connectivity index (χ4n) is 12.2. The average molecular weight is 1290 g/mol. The zero-order valence-electron chi connectivity index (χ0n) is 51.0. The van der Waals surface area contributed by atoms with Gasteiger partial charge >= 0.3 is 12.2 Å². The van der Waals surface area contributed by atoms with Gasteiger partial charge in [-0.15, -0.1) is 0 Å². The second-order valence-corrected chi connectivity index (χ2v) is 26.3. The molecule has 24 heteroatoms. The summed E-state index contributed by atoms with van der Waals surface area (Å²) in [7, 11) is 3.03. The molecular formula is C63H78F4N6O12V2-2. The third-order valence-electron chi connectivity index (χ3n) is 17.8. The molecule has 2 saturated carbocycles. The molecule has 4 bridgehead atoms. The first kappa shape index (κ1) is 68.7. The molecular weight excluding hydrogens is 1210 g/mol. The van der Waals surface area contributed by atoms with Crippen LogP contribution in [-0.2, 0) is 77.6 Å². The number of rotatable bonds is 4. The van der Waals surface area contributed by atoms with Crippen molar-refractivity contribution in [2.75, 3.05) is 27.3 Å². The van der Waals surface area contributed by atoms with Crippen molar-refractivity contribution in [3.63, 3.8) is 0 Å². The Morgan fingerprint density at radius 2 is 1.06 bits per heavy atom. The van der Waals surface area contributed by atoms with Gasteiger partial charge in [0.2, 0.25) is 11.8 Å². The summed E-state index contributed by atoms with van der Waals surface area (Å²) in [6.07, 6.45) is 3.74. The number of nitrogens with one attached hydrogen (secondary N) is 2. The van der Waals surface area contributed by atoms with Crippen LogP contribution >= 0.6 is 0 Å². The molecule has 2 aromatic heterocycles. The zero-order valence-corrected chi connectivity index (χ0v) is 53.8. The quantitative estimate of drug-likeness (QED) is 0.144. The van der Waals surface area contributed by atoms with Crippen LogP contribution in [0.15, 0.2) is 48.5 Å². The molecule has 2 aromatic carbocycles. The van der Waals surface area contributed by atoms with Crippen LogP contribution in [0.3, 0.4) is 0 Å². The molecule has 10 rings (SSSR count). The van der Waals surface area contributed by atoms with E-state index in [1.165, 1.54) is 36.2 Å². The van der Waals surface area contributed by atoms with Gasteiger partial charge in [-0.1, -0.05) is 80.3 Å². The Hall–Kier alpha value is -5.83. The smallest absolute Gasteiger partial charge is 0.408 e. The topological polar surface area (TPSA) is 214 Å². The van der Waals surface area contributed by atoms with Gasteiger partial charge in [0.25, 0.3) is 11.8 Å². The Morgan fingerprint density at radius 1 is 0.621 bits per heavy atom. The van der Waals surface area contributed by atoms with Crippen LogP contribution in [0.5, 0.6) is 23.0 Å². The van der Waals surface area contributed by atoms with Crippen LogP contribution in [0.4, 0.5) is 27.2 Å². The molecule has 4 amide bonds. The molecule has 6 heterocycles. The van der Waals surface area contributed by atoms with Crippen LogP contribution in [0.25, 0.3) is 21.8 Å². The van der Waals surface area contributed by atoms with Gasteiger partial charge in [-0.25, -0.2) is 32.1 Å². The summed E-state index contributed by atoms with van der Waals surface area (Å²) >= 11 is 0. The van der Waals surface area contributed by atoms with E-state index in [2.05, 4.69) is 20.6 Å². The normalized spacial score (nSPS) is 30.1. The molecule has 12 atom stereocenters. The Balaban J connectivity index is 0.000000243. The fourth-order valence-corrected chi connectivity index (χ4v) is 12.2. The number of nitrogens with zero attached hydrogens (tertiary/aromatic N) is 4. The first-order valence-electron chi connectivity index (χ1n) is 29.4. The summed E-state index contributed by atoms with van der Waals surface area (Å²) in [6, 6.07) is 8.97. The van der Waals surface area contributed by atoms with E-state index in [0.717, 1.165) is 0 Å². The van der Waals surface area contributed by atoms with Crippen molar-refractivity contribution in [3.05, 3.63) is 59.9 Å². The van der Waals surface area contributed by atoms with Gasteiger partial charge in [0.15, 0.2) is 11.4 Å². The molecule has 6 aliphatic rings. The Labute approximate surface area is 529 Å². The molecule has 4 aliphatic heterocycles. The first-order chi connectivity index (χ1) is 40.0. The maximum Gasteiger partial charge on any atom is 0.408 e. The van der Waals surface area contributed by atoms with Crippen molar-refractivity contribution in [2.45, 2.75) is 186 Å². The second-order valence-electron chi connectivity index (χ2n) is 26.3. The fraction of sp³-hybridized carbons (Fsp3) is 0.619. The van der Waals surface area contributed by atoms with Gasteiger partial charge < -0.3 is 58.4 Å². The van der Waals surface area contributed by atoms with Crippen LogP contribution in [0.1, 0.15) is 138 Å². The molecule has 2 radical (unpaired) electrons. The van der Waals surface area contributed by atoms with Crippen LogP contribution in [-0.4, -0.2) is 132 Å². The van der Waals surface area contributed by atoms with E-state index in [1.54, 1.807) is 91.8 Å². The molecule has 18 nitrogen and oxygen atoms in total. The van der Waals surface area contributed by atoms with E-state index >= 15 is 17.6 Å². The van der Waals surface area contributed by atoms with Gasteiger partial charge in [0.1, 0.15) is 59.0 Å². The Bertz CT molecular complexity index is 3200. The third-order valence-corrected chi connectivity index (χ3v) is 17.8. The Morgan fingerprint density at radius 3 is 1.48 bits per heavy atom. The SMILES string of the molecule is COc1ccc2nc3c(cc2c1)O[C@H]1CN(C(=O)[C@H](C(C)(C)C)NC(=O)O[C@@H]2C[C@H]2CCCCC3(F)F)[C@H]([C-]=O)[C@@H]1C.COc1ccc2nc3c(cc2c1)O[C@H]1CN(C(=O)[C@H](C(C)(C)C)NC(=O)O[C@]2(C)C[C@H]2CCCCC3(F)F)[C@H]([C-]=O)[C@@H]1C.[V].[V]. The number of hydrogen-bond donors (Lipinski definition) is 2. The van der Waals surface area contributed by atoms with Gasteiger partial charge in [0, 0.05) is 66.6 Å². The molecule has 87 heavy (non-hydrogen) atoms. The number of amides is 4. The van der Waals surface area contributed by atoms with E-state index in [1.807, 2.05) is 19.5 Å². The number of alkyl carbamates (subject to hydrolysis) is 2. The van der Waals surface area contributed by atoms with Gasteiger partial charge in [-0.3, -0.25) is 9.59 Å². The number of methoxy groups -OCH3 is 2. The summed E-state index contributed by atoms with van der Waals surface area (Å²) in [4.78, 5) is 89.3. The number of ether oxygens (including phenoxy) is 6. The predicted octanol–water partition coefficient (Wildman–Crippen LogP) is 10.7. The summed E-state index contributed by atoms with van der Waals surface area (Å²) in [5.74, 6) is -7.74. The van der Waals surface area contributed by atoms with Gasteiger partial charge in [-0.2, -0.15) is 17.6 Å². The summed E-state index contributed by atoms with van der Waals surface area (Å²) in [6.45, 7) is 16.0. The number of pyridine rings is 2. The first-order valence-corrected chi connectivity index (χ1v) is 29.4. The van der Waals surface area contributed by atoms with Crippen molar-refractivity contribution in [1.82, 2.24) is 30.4 Å². The molecule has 2 saturated heterocycles. The second kappa shape index (κ2) is 26.7. The number of carbonyl (C=O) groups is 4. The average Bonchev–Trinajstić information content (AvgIpc) is 1.98. The molecule has 2 N–H and O–H groups in total. The van der Waals surface area contributed by atoms with Crippen molar-refractivity contribution in [1.29, 1.82) is 0 Å². The molecule has 2 aliphatic carbocycles. The predicted molar refractivity (Wildman–Crippen MR) is 305 cm³/mol. The molecule has 4 fully saturated rings. The summed E-state index contributed by atoms with van der Waals surface area (Å²) < 4.78 is 97.8. The zero-order chi connectivity index (χ0) is 61.7. The van der Waals surface area contributed by atoms with Crippen molar-refractivity contribution in [2.24, 2.45) is 34.5 Å². The number of fused-ring (bicyclic) bond motifs is 10. The van der Waals surface area contributed by atoms with Gasteiger partial charge in [-0.05, 0) is 123 Å². The van der Waals surface area contributed by atoms with Gasteiger partial charge in [0.05, 0.1) is 38.3 Å². The molecule has 4 aromatic rings. The number of carbonyl (C=O) groups excluding carboxylic acids is 6. The maximum atomic E-state index is 15.9. The molecule has 0 spiro atoms. The van der Waals surface area contributed by atoms with E-state index in [-0.39, 0.29) is 92.5 Å². The molecule has 472 valence electrons. The largest absolute Gasteiger partial charge is 0.540 e. The Kier molecular flexibility index (Phi) is 21.1. The van der Waals surface area contributed by atoms with Crippen LogP contribution < -0.4 is 29.6 Å². The number of halogens is 4. The van der Waals surface area contributed by atoms with Crippen molar-refractivity contribution < 1.29 is 112 Å². The minimum absolute atomic E-state index is 0. The number of benzene rings is 2. The van der Waals surface area contributed by atoms with Crippen molar-refractivity contribution in [3.8, 4) is 23.0 Å². The minimum Gasteiger partial charge on any atom is -0.540 e. The van der Waals surface area contributed by atoms with Crippen LogP contribution in [0, 0.1) is 34.5 Å². The summed E-state index contributed by atoms with van der Waals surface area (Å²) in [5.41, 5.74) is -2.38. The van der Waals surface area contributed by atoms with Crippen molar-refractivity contribution >= 4 is 58.4 Å². The maximum absolute atomic E-state index is 15.9. The summed E-state index contributed by atoms with van der Waals surface area (Å²) in [5, 5.41) is 6.58. The number of aromatic nitrogens is 2. The van der Waals surface area contributed by atoms with E-state index in [0.29, 0.717) is 71.8 Å². The van der Waals surface area contributed by atoms with Crippen LogP contribution in [0.2, 0.25) is 0 Å². The number of hydrogen-bond acceptors (Lipinski definition) is 14. The standard InChI is InChI=1S/C32H40F2N3O6.C31H38F2N3O6.2V/c1-18-23(17-38)37-16-25(18)42-24-14-19-13-21(41-6)10-11-22(19)35-26(24)32(33,34)12-8-7-9-20-15-31(20,5)43-29(40)36-27(28(37)39)30(2,3)4;1-17-22(16-37)36-15-25(17)41-24-14-19-12-20(40-5)9-10-21(19)34-26(24)31(32,33)11-7-6-8-18-13-23(18)42-29(39)35-27(28(36)38)30(2,3)4;;/h10-11,13-14,18,20,23,25,27H,7-9,12,15-16H2,1-6H3,(H,36,40);9-10,12,14,17-18,22-23,25,27H,6-8,11,13,15H2,1-5H3,(H,35,39);;/q2*-1;;/t18-,20+,23+,25-,27+,31+;17-,18+,22+,23+,25-,27+;;/m00../s1. The number of alkyl halides is 4.